The van der Waals surface area contributed by atoms with Crippen molar-refractivity contribution in [2.45, 2.75) is 43.4 Å². The van der Waals surface area contributed by atoms with Crippen LogP contribution in [0.5, 0.6) is 0 Å². The van der Waals surface area contributed by atoms with Crippen molar-refractivity contribution in [2.24, 2.45) is 0 Å². The van der Waals surface area contributed by atoms with E-state index in [2.05, 4.69) is 16.2 Å². The minimum Gasteiger partial charge on any atom is -0.339 e. The molecule has 1 aromatic heterocycles. The van der Waals surface area contributed by atoms with Crippen LogP contribution >= 0.6 is 0 Å². The summed E-state index contributed by atoms with van der Waals surface area (Å²) in [5.74, 6) is 0.800. The second kappa shape index (κ2) is 9.07. The second-order valence-electron chi connectivity index (χ2n) is 8.42. The maximum absolute atomic E-state index is 12.8. The van der Waals surface area contributed by atoms with Crippen molar-refractivity contribution in [1.82, 2.24) is 14.4 Å². The quantitative estimate of drug-likeness (QED) is 0.552. The molecular formula is C24H26N4O4S. The molecule has 8 nitrogen and oxygen atoms in total. The van der Waals surface area contributed by atoms with Crippen LogP contribution in [0.1, 0.15) is 37.1 Å². The first-order valence-electron chi connectivity index (χ1n) is 11.3. The van der Waals surface area contributed by atoms with Gasteiger partial charge < -0.3 is 9.42 Å². The molecule has 172 valence electrons. The van der Waals surface area contributed by atoms with Crippen LogP contribution in [0.4, 0.5) is 5.69 Å². The summed E-state index contributed by atoms with van der Waals surface area (Å²) in [4.78, 5) is 19.2. The third-order valence-electron chi connectivity index (χ3n) is 6.27. The lowest BCUT2D eigenvalue weighted by molar-refractivity contribution is -0.118. The summed E-state index contributed by atoms with van der Waals surface area (Å²) in [6.07, 6.45) is 4.37. The monoisotopic (exact) mass is 466 g/mol. The summed E-state index contributed by atoms with van der Waals surface area (Å²) in [6, 6.07) is 14.5. The third kappa shape index (κ3) is 4.43. The number of hydrogen-bond donors (Lipinski definition) is 0. The number of rotatable bonds is 6. The van der Waals surface area contributed by atoms with Crippen molar-refractivity contribution in [3.63, 3.8) is 0 Å². The van der Waals surface area contributed by atoms with Crippen LogP contribution in [-0.4, -0.2) is 48.4 Å². The molecule has 0 unspecified atom stereocenters. The van der Waals surface area contributed by atoms with Crippen molar-refractivity contribution in [3.05, 3.63) is 60.0 Å². The first kappa shape index (κ1) is 21.8. The van der Waals surface area contributed by atoms with Gasteiger partial charge in [-0.1, -0.05) is 29.8 Å². The first-order chi connectivity index (χ1) is 16.0. The summed E-state index contributed by atoms with van der Waals surface area (Å²) in [7, 11) is -3.48. The van der Waals surface area contributed by atoms with Crippen LogP contribution in [0.25, 0.3) is 11.4 Å². The van der Waals surface area contributed by atoms with E-state index in [-0.39, 0.29) is 17.2 Å². The normalized spacial score (nSPS) is 16.7. The van der Waals surface area contributed by atoms with Gasteiger partial charge in [0.25, 0.3) is 0 Å². The second-order valence-corrected chi connectivity index (χ2v) is 10.4. The first-order valence-corrected chi connectivity index (χ1v) is 12.8. The lowest BCUT2D eigenvalue weighted by Crippen LogP contribution is -2.35. The van der Waals surface area contributed by atoms with Crippen molar-refractivity contribution in [3.8, 4) is 11.4 Å². The lowest BCUT2D eigenvalue weighted by atomic mass is 10.2. The number of aryl methyl sites for hydroxylation is 1. The number of benzene rings is 2. The van der Waals surface area contributed by atoms with E-state index in [1.165, 1.54) is 5.56 Å². The molecule has 0 atom stereocenters. The van der Waals surface area contributed by atoms with E-state index in [9.17, 15) is 13.2 Å². The Hall–Kier alpha value is -3.04. The van der Waals surface area contributed by atoms with Gasteiger partial charge in [-0.3, -0.25) is 4.79 Å². The standard InChI is InChI=1S/C24H26N4O4S/c29-23(28-17-14-18-6-2-3-7-21(18)28)13-12-22-25-24(26-32-22)19-8-10-20(11-9-19)33(30,31)27-15-4-1-5-16-27/h2-3,6-11H,1,4-5,12-17H2. The highest BCUT2D eigenvalue weighted by molar-refractivity contribution is 7.89. The Morgan fingerprint density at radius 3 is 2.52 bits per heavy atom. The van der Waals surface area contributed by atoms with Gasteiger partial charge in [-0.05, 0) is 55.2 Å². The Bertz CT molecular complexity index is 1250. The number of hydrogen-bond acceptors (Lipinski definition) is 6. The fourth-order valence-electron chi connectivity index (χ4n) is 4.45. The number of para-hydroxylation sites is 1. The topological polar surface area (TPSA) is 96.6 Å². The highest BCUT2D eigenvalue weighted by atomic mass is 32.2. The number of aromatic nitrogens is 2. The summed E-state index contributed by atoms with van der Waals surface area (Å²) in [5.41, 5.74) is 2.84. The summed E-state index contributed by atoms with van der Waals surface area (Å²) in [6.45, 7) is 1.83. The van der Waals surface area contributed by atoms with Crippen LogP contribution in [-0.2, 0) is 27.7 Å². The zero-order chi connectivity index (χ0) is 22.8. The zero-order valence-electron chi connectivity index (χ0n) is 18.3. The van der Waals surface area contributed by atoms with Crippen molar-refractivity contribution < 1.29 is 17.7 Å². The molecule has 33 heavy (non-hydrogen) atoms. The summed E-state index contributed by atoms with van der Waals surface area (Å²) in [5, 5.41) is 4.01. The predicted molar refractivity (Wildman–Crippen MR) is 123 cm³/mol. The summed E-state index contributed by atoms with van der Waals surface area (Å²) >= 11 is 0. The fourth-order valence-corrected chi connectivity index (χ4v) is 5.97. The van der Waals surface area contributed by atoms with Crippen molar-refractivity contribution in [2.75, 3.05) is 24.5 Å². The number of anilines is 1. The highest BCUT2D eigenvalue weighted by Gasteiger charge is 2.26. The largest absolute Gasteiger partial charge is 0.339 e. The molecule has 5 rings (SSSR count). The molecule has 3 aromatic rings. The Morgan fingerprint density at radius 2 is 1.73 bits per heavy atom. The van der Waals surface area contributed by atoms with Gasteiger partial charge in [0, 0.05) is 43.7 Å². The molecule has 1 saturated heterocycles. The molecular weight excluding hydrogens is 440 g/mol. The Labute approximate surface area is 193 Å². The van der Waals surface area contributed by atoms with E-state index in [1.54, 1.807) is 28.6 Å². The van der Waals surface area contributed by atoms with Gasteiger partial charge in [-0.15, -0.1) is 0 Å². The average molecular weight is 467 g/mol. The van der Waals surface area contributed by atoms with E-state index in [0.717, 1.165) is 31.4 Å². The molecule has 0 N–H and O–H groups in total. The SMILES string of the molecule is O=C(CCc1nc(-c2ccc(S(=O)(=O)N3CCCCC3)cc2)no1)N1CCc2ccccc21. The van der Waals surface area contributed by atoms with Crippen LogP contribution in [0, 0.1) is 0 Å². The van der Waals surface area contributed by atoms with Gasteiger partial charge in [-0.25, -0.2) is 8.42 Å². The minimum absolute atomic E-state index is 0.0342. The van der Waals surface area contributed by atoms with Crippen molar-refractivity contribution in [1.29, 1.82) is 0 Å². The number of piperidine rings is 1. The molecule has 1 amide bonds. The van der Waals surface area contributed by atoms with Crippen LogP contribution in [0.15, 0.2) is 57.9 Å². The zero-order valence-corrected chi connectivity index (χ0v) is 19.1. The van der Waals surface area contributed by atoms with E-state index >= 15 is 0 Å². The van der Waals surface area contributed by atoms with Crippen LogP contribution < -0.4 is 4.90 Å². The van der Waals surface area contributed by atoms with E-state index < -0.39 is 10.0 Å². The molecule has 3 heterocycles. The maximum Gasteiger partial charge on any atom is 0.243 e. The Kier molecular flexibility index (Phi) is 5.99. The molecule has 2 aliphatic heterocycles. The molecule has 2 aliphatic rings. The van der Waals surface area contributed by atoms with E-state index in [1.807, 2.05) is 23.1 Å². The number of fused-ring (bicyclic) bond motifs is 1. The van der Waals surface area contributed by atoms with Gasteiger partial charge in [0.05, 0.1) is 4.90 Å². The van der Waals surface area contributed by atoms with Gasteiger partial charge in [0.1, 0.15) is 0 Å². The number of nitrogens with zero attached hydrogens (tertiary/aromatic N) is 4. The average Bonchev–Trinajstić information content (AvgIpc) is 3.51. The molecule has 9 heteroatoms. The van der Waals surface area contributed by atoms with Crippen LogP contribution in [0.2, 0.25) is 0 Å². The minimum atomic E-state index is -3.48. The van der Waals surface area contributed by atoms with Gasteiger partial charge in [0.2, 0.25) is 27.6 Å². The molecule has 0 aliphatic carbocycles. The number of carbonyl (C=O) groups excluding carboxylic acids is 1. The molecule has 0 spiro atoms. The summed E-state index contributed by atoms with van der Waals surface area (Å²) < 4.78 is 32.5. The predicted octanol–water partition coefficient (Wildman–Crippen LogP) is 3.43. The maximum atomic E-state index is 12.8. The van der Waals surface area contributed by atoms with Gasteiger partial charge in [-0.2, -0.15) is 9.29 Å². The third-order valence-corrected chi connectivity index (χ3v) is 8.19. The Balaban J connectivity index is 1.22. The number of amides is 1. The number of sulfonamides is 1. The van der Waals surface area contributed by atoms with Gasteiger partial charge >= 0.3 is 0 Å². The van der Waals surface area contributed by atoms with Gasteiger partial charge in [0.15, 0.2) is 0 Å². The molecule has 0 saturated carbocycles. The Morgan fingerprint density at radius 1 is 0.970 bits per heavy atom. The number of carbonyl (C=O) groups is 1. The van der Waals surface area contributed by atoms with Crippen LogP contribution in [0.3, 0.4) is 0 Å². The van der Waals surface area contributed by atoms with E-state index in [0.29, 0.717) is 43.3 Å². The smallest absolute Gasteiger partial charge is 0.243 e. The highest BCUT2D eigenvalue weighted by Crippen LogP contribution is 2.28. The molecule has 0 radical (unpaired) electrons. The van der Waals surface area contributed by atoms with Crippen molar-refractivity contribution >= 4 is 21.6 Å². The van der Waals surface area contributed by atoms with E-state index in [4.69, 9.17) is 4.52 Å². The molecule has 1 fully saturated rings. The molecule has 0 bridgehead atoms. The fraction of sp³-hybridized carbons (Fsp3) is 0.375. The lowest BCUT2D eigenvalue weighted by Gasteiger charge is -2.25. The molecule has 2 aromatic carbocycles.